The first-order valence-corrected chi connectivity index (χ1v) is 8.52. The Hall–Kier alpha value is -0.0200. The molecule has 0 aromatic rings. The summed E-state index contributed by atoms with van der Waals surface area (Å²) in [6.07, 6.45) is -1.27. The molecule has 1 atom stereocenters. The van der Waals surface area contributed by atoms with Crippen LogP contribution in [0.2, 0.25) is 0 Å². The van der Waals surface area contributed by atoms with Crippen LogP contribution in [0.3, 0.4) is 0 Å². The van der Waals surface area contributed by atoms with E-state index in [9.17, 15) is 13.2 Å². The molecule has 0 amide bonds. The van der Waals surface area contributed by atoms with Crippen molar-refractivity contribution >= 4 is 10.9 Å². The lowest BCUT2D eigenvalue weighted by atomic mass is 10.4. The Morgan fingerprint density at radius 1 is 0.850 bits per heavy atom. The maximum Gasteiger partial charge on any atom is 0.425 e. The zero-order valence-corrected chi connectivity index (χ0v) is 13.4. The molecule has 0 spiro atoms. The van der Waals surface area contributed by atoms with Gasteiger partial charge in [0.1, 0.15) is 0 Å². The number of hydrogen-bond donors (Lipinski definition) is 1. The van der Waals surface area contributed by atoms with Gasteiger partial charge in [-0.2, -0.15) is 13.2 Å². The molecule has 0 radical (unpaired) electrons. The number of halogens is 3. The molecular weight excluding hydrogens is 297 g/mol. The standard InChI is InChI=1S/C12H25F3O4S/c1-11(20(3)4,12(13,14)15)19-10-9-18-8-7-17-6-5-16-2/h20H,5-10H2,1-4H3. The molecule has 0 bridgehead atoms. The first-order chi connectivity index (χ1) is 9.25. The van der Waals surface area contributed by atoms with Crippen LogP contribution in [0.4, 0.5) is 13.2 Å². The Bertz CT molecular complexity index is 251. The monoisotopic (exact) mass is 322 g/mol. The average Bonchev–Trinajstić information content (AvgIpc) is 2.34. The second-order valence-corrected chi connectivity index (χ2v) is 7.08. The Morgan fingerprint density at radius 3 is 1.70 bits per heavy atom. The van der Waals surface area contributed by atoms with Crippen molar-refractivity contribution in [2.75, 3.05) is 59.3 Å². The van der Waals surface area contributed by atoms with Crippen LogP contribution in [0, 0.1) is 0 Å². The third kappa shape index (κ3) is 7.12. The van der Waals surface area contributed by atoms with Gasteiger partial charge in [-0.15, -0.1) is 0 Å². The minimum absolute atomic E-state index is 0.0887. The van der Waals surface area contributed by atoms with Crippen molar-refractivity contribution in [2.45, 2.75) is 18.0 Å². The van der Waals surface area contributed by atoms with Crippen molar-refractivity contribution in [3.8, 4) is 0 Å². The quantitative estimate of drug-likeness (QED) is 0.467. The summed E-state index contributed by atoms with van der Waals surface area (Å²) in [6.45, 7) is 2.79. The normalized spacial score (nSPS) is 16.1. The largest absolute Gasteiger partial charge is 0.425 e. The number of hydrogen-bond acceptors (Lipinski definition) is 4. The predicted molar refractivity (Wildman–Crippen MR) is 74.8 cm³/mol. The molecule has 0 aromatic carbocycles. The highest BCUT2D eigenvalue weighted by Crippen LogP contribution is 2.47. The summed E-state index contributed by atoms with van der Waals surface area (Å²) in [4.78, 5) is -2.08. The Kier molecular flexibility index (Phi) is 9.82. The van der Waals surface area contributed by atoms with Gasteiger partial charge >= 0.3 is 6.18 Å². The molecular formula is C12H25F3O4S. The van der Waals surface area contributed by atoms with Crippen molar-refractivity contribution in [3.63, 3.8) is 0 Å². The van der Waals surface area contributed by atoms with Gasteiger partial charge in [-0.05, 0) is 19.4 Å². The summed E-state index contributed by atoms with van der Waals surface area (Å²) >= 11 is 0. The van der Waals surface area contributed by atoms with Crippen LogP contribution in [0.15, 0.2) is 0 Å². The highest BCUT2D eigenvalue weighted by atomic mass is 32.2. The molecule has 0 saturated heterocycles. The van der Waals surface area contributed by atoms with Gasteiger partial charge in [0.2, 0.25) is 0 Å². The summed E-state index contributed by atoms with van der Waals surface area (Å²) in [5, 5.41) is 0. The summed E-state index contributed by atoms with van der Waals surface area (Å²) in [7, 11) is 0.265. The molecule has 4 nitrogen and oxygen atoms in total. The van der Waals surface area contributed by atoms with E-state index in [0.29, 0.717) is 26.4 Å². The molecule has 1 unspecified atom stereocenters. The Balaban J connectivity index is 3.76. The van der Waals surface area contributed by atoms with Crippen LogP contribution in [-0.4, -0.2) is 70.4 Å². The average molecular weight is 322 g/mol. The molecule has 8 heteroatoms. The van der Waals surface area contributed by atoms with E-state index in [2.05, 4.69) is 0 Å². The number of thiol groups is 1. The van der Waals surface area contributed by atoms with Gasteiger partial charge in [0, 0.05) is 7.11 Å². The van der Waals surface area contributed by atoms with E-state index in [1.807, 2.05) is 0 Å². The van der Waals surface area contributed by atoms with Gasteiger partial charge in [-0.1, -0.05) is 0 Å². The van der Waals surface area contributed by atoms with Gasteiger partial charge < -0.3 is 18.9 Å². The van der Waals surface area contributed by atoms with E-state index in [4.69, 9.17) is 18.9 Å². The Morgan fingerprint density at radius 2 is 1.30 bits per heavy atom. The molecule has 0 aliphatic carbocycles. The number of rotatable bonds is 11. The molecule has 0 aliphatic rings. The first-order valence-electron chi connectivity index (χ1n) is 6.28. The third-order valence-electron chi connectivity index (χ3n) is 2.79. The molecule has 0 saturated carbocycles. The fraction of sp³-hybridized carbons (Fsp3) is 1.00. The van der Waals surface area contributed by atoms with Crippen LogP contribution in [0.25, 0.3) is 0 Å². The van der Waals surface area contributed by atoms with Crippen LogP contribution in [-0.2, 0) is 18.9 Å². The van der Waals surface area contributed by atoms with Crippen molar-refractivity contribution in [2.24, 2.45) is 0 Å². The van der Waals surface area contributed by atoms with E-state index in [-0.39, 0.29) is 13.2 Å². The summed E-state index contributed by atoms with van der Waals surface area (Å²) in [5.41, 5.74) is 0. The minimum Gasteiger partial charge on any atom is -0.382 e. The van der Waals surface area contributed by atoms with Crippen molar-refractivity contribution in [1.82, 2.24) is 0 Å². The molecule has 0 aromatic heterocycles. The van der Waals surface area contributed by atoms with Crippen molar-refractivity contribution < 1.29 is 32.1 Å². The molecule has 20 heavy (non-hydrogen) atoms. The predicted octanol–water partition coefficient (Wildman–Crippen LogP) is 2.22. The first kappa shape index (κ1) is 20.0. The number of ether oxygens (including phenoxy) is 4. The van der Waals surface area contributed by atoms with E-state index >= 15 is 0 Å². The van der Waals surface area contributed by atoms with Gasteiger partial charge in [0.05, 0.1) is 39.6 Å². The maximum atomic E-state index is 12.9. The highest BCUT2D eigenvalue weighted by molar-refractivity contribution is 8.16. The van der Waals surface area contributed by atoms with Crippen LogP contribution in [0.1, 0.15) is 6.92 Å². The van der Waals surface area contributed by atoms with E-state index < -0.39 is 22.0 Å². The zero-order valence-electron chi connectivity index (χ0n) is 12.5. The summed E-state index contributed by atoms with van der Waals surface area (Å²) in [6, 6.07) is 0. The van der Waals surface area contributed by atoms with E-state index in [1.54, 1.807) is 19.6 Å². The fourth-order valence-electron chi connectivity index (χ4n) is 1.23. The summed E-state index contributed by atoms with van der Waals surface area (Å²) < 4.78 is 58.9. The topological polar surface area (TPSA) is 36.9 Å². The molecule has 0 rings (SSSR count). The summed E-state index contributed by atoms with van der Waals surface area (Å²) in [5.74, 6) is 0. The van der Waals surface area contributed by atoms with Crippen LogP contribution >= 0.6 is 10.9 Å². The van der Waals surface area contributed by atoms with Crippen LogP contribution in [0.5, 0.6) is 0 Å². The van der Waals surface area contributed by atoms with Crippen LogP contribution < -0.4 is 0 Å². The third-order valence-corrected chi connectivity index (χ3v) is 4.88. The SMILES string of the molecule is COCCOCCOCCOC(C)([SH](C)C)C(F)(F)F. The lowest BCUT2D eigenvalue weighted by molar-refractivity contribution is -0.234. The lowest BCUT2D eigenvalue weighted by Crippen LogP contribution is -2.45. The second kappa shape index (κ2) is 9.83. The molecule has 0 heterocycles. The smallest absolute Gasteiger partial charge is 0.382 e. The minimum atomic E-state index is -4.37. The van der Waals surface area contributed by atoms with E-state index in [0.717, 1.165) is 6.92 Å². The molecule has 0 N–H and O–H groups in total. The molecule has 0 fully saturated rings. The fourth-order valence-corrected chi connectivity index (χ4v) is 2.08. The zero-order chi connectivity index (χ0) is 15.6. The van der Waals surface area contributed by atoms with Crippen molar-refractivity contribution in [3.05, 3.63) is 0 Å². The molecule has 124 valence electrons. The van der Waals surface area contributed by atoms with Gasteiger partial charge in [-0.3, -0.25) is 0 Å². The van der Waals surface area contributed by atoms with Gasteiger partial charge in [0.15, 0.2) is 4.93 Å². The maximum absolute atomic E-state index is 12.9. The van der Waals surface area contributed by atoms with Gasteiger partial charge in [0.25, 0.3) is 0 Å². The second-order valence-electron chi connectivity index (χ2n) is 4.44. The van der Waals surface area contributed by atoms with Gasteiger partial charge in [-0.25, -0.2) is 10.9 Å². The van der Waals surface area contributed by atoms with E-state index in [1.165, 1.54) is 0 Å². The van der Waals surface area contributed by atoms with Crippen molar-refractivity contribution in [1.29, 1.82) is 0 Å². The highest BCUT2D eigenvalue weighted by Gasteiger charge is 2.53. The molecule has 0 aliphatic heterocycles. The lowest BCUT2D eigenvalue weighted by Gasteiger charge is -2.37. The number of methoxy groups -OCH3 is 1. The Labute approximate surface area is 121 Å². The number of alkyl halides is 3.